The van der Waals surface area contributed by atoms with Crippen LogP contribution in [-0.4, -0.2) is 34.4 Å². The molecule has 4 rings (SSSR count). The number of nitrogens with zero attached hydrogens (tertiary/aromatic N) is 2. The molecule has 3 aromatic rings. The van der Waals surface area contributed by atoms with E-state index in [2.05, 4.69) is 4.98 Å². The van der Waals surface area contributed by atoms with Crippen LogP contribution in [0.5, 0.6) is 5.75 Å². The monoisotopic (exact) mass is 408 g/mol. The van der Waals surface area contributed by atoms with Gasteiger partial charge >= 0.3 is 5.97 Å². The number of carbonyl (C=O) groups is 3. The van der Waals surface area contributed by atoms with Crippen molar-refractivity contribution in [3.8, 4) is 16.3 Å². The molecule has 1 aromatic heterocycles. The van der Waals surface area contributed by atoms with Crippen molar-refractivity contribution in [1.82, 2.24) is 10.0 Å². The summed E-state index contributed by atoms with van der Waals surface area (Å²) >= 11 is 1.13. The Balaban J connectivity index is 1.54. The summed E-state index contributed by atoms with van der Waals surface area (Å²) in [5, 5.41) is 1.13. The van der Waals surface area contributed by atoms with Crippen molar-refractivity contribution in [2.45, 2.75) is 13.8 Å². The van der Waals surface area contributed by atoms with Crippen LogP contribution in [0.15, 0.2) is 48.5 Å². The number of hydrogen-bond donors (Lipinski definition) is 0. The molecule has 0 unspecified atom stereocenters. The summed E-state index contributed by atoms with van der Waals surface area (Å²) in [5.74, 6) is -1.37. The van der Waals surface area contributed by atoms with Gasteiger partial charge in [-0.15, -0.1) is 11.3 Å². The highest BCUT2D eigenvalue weighted by Gasteiger charge is 2.39. The summed E-state index contributed by atoms with van der Waals surface area (Å²) in [5.41, 5.74) is 1.70. The zero-order valence-electron chi connectivity index (χ0n) is 15.7. The van der Waals surface area contributed by atoms with Crippen molar-refractivity contribution < 1.29 is 24.0 Å². The molecule has 1 aliphatic rings. The fourth-order valence-corrected chi connectivity index (χ4v) is 3.89. The third-order valence-corrected chi connectivity index (χ3v) is 5.51. The van der Waals surface area contributed by atoms with Gasteiger partial charge in [0.1, 0.15) is 15.6 Å². The minimum absolute atomic E-state index is 0.210. The first-order valence-electron chi connectivity index (χ1n) is 8.90. The lowest BCUT2D eigenvalue weighted by atomic mass is 10.1. The van der Waals surface area contributed by atoms with Crippen LogP contribution in [-0.2, 0) is 4.84 Å². The van der Waals surface area contributed by atoms with Gasteiger partial charge < -0.3 is 9.57 Å². The van der Waals surface area contributed by atoms with Gasteiger partial charge in [-0.3, -0.25) is 9.59 Å². The summed E-state index contributed by atoms with van der Waals surface area (Å²) in [6.45, 7) is 4.15. The predicted octanol–water partition coefficient (Wildman–Crippen LogP) is 3.89. The first-order chi connectivity index (χ1) is 14.0. The largest absolute Gasteiger partial charge is 0.494 e. The van der Waals surface area contributed by atoms with E-state index < -0.39 is 17.8 Å². The number of hydrogen-bond acceptors (Lipinski definition) is 7. The van der Waals surface area contributed by atoms with Gasteiger partial charge in [-0.2, -0.15) is 0 Å². The van der Waals surface area contributed by atoms with E-state index in [-0.39, 0.29) is 16.0 Å². The van der Waals surface area contributed by atoms with E-state index in [0.717, 1.165) is 22.6 Å². The van der Waals surface area contributed by atoms with Crippen LogP contribution in [0, 0.1) is 6.92 Å². The van der Waals surface area contributed by atoms with Crippen molar-refractivity contribution >= 4 is 29.1 Å². The summed E-state index contributed by atoms with van der Waals surface area (Å²) in [7, 11) is 0. The molecular weight excluding hydrogens is 392 g/mol. The molecule has 1 aliphatic heterocycles. The molecule has 0 radical (unpaired) electrons. The maximum absolute atomic E-state index is 12.6. The maximum atomic E-state index is 12.6. The van der Waals surface area contributed by atoms with Gasteiger partial charge in [-0.05, 0) is 50.2 Å². The molecule has 29 heavy (non-hydrogen) atoms. The van der Waals surface area contributed by atoms with Crippen LogP contribution < -0.4 is 4.74 Å². The van der Waals surface area contributed by atoms with Gasteiger partial charge in [-0.25, -0.2) is 9.78 Å². The number of aromatic nitrogens is 1. The Morgan fingerprint density at radius 3 is 2.24 bits per heavy atom. The third-order valence-electron chi connectivity index (χ3n) is 4.33. The van der Waals surface area contributed by atoms with E-state index in [9.17, 15) is 14.4 Å². The molecule has 2 heterocycles. The number of aryl methyl sites for hydroxylation is 1. The van der Waals surface area contributed by atoms with Gasteiger partial charge in [0.2, 0.25) is 0 Å². The number of imide groups is 1. The lowest BCUT2D eigenvalue weighted by Gasteiger charge is -2.11. The molecule has 0 saturated carbocycles. The van der Waals surface area contributed by atoms with E-state index in [4.69, 9.17) is 9.57 Å². The number of carbonyl (C=O) groups excluding carboxylic acids is 3. The molecule has 0 atom stereocenters. The Bertz CT molecular complexity index is 1090. The molecule has 0 saturated heterocycles. The lowest BCUT2D eigenvalue weighted by Crippen LogP contribution is -2.32. The zero-order chi connectivity index (χ0) is 20.5. The van der Waals surface area contributed by atoms with E-state index >= 15 is 0 Å². The Kier molecular flexibility index (Phi) is 4.85. The quantitative estimate of drug-likeness (QED) is 0.596. The molecule has 8 heteroatoms. The van der Waals surface area contributed by atoms with Crippen LogP contribution in [0.25, 0.3) is 10.6 Å². The average Bonchev–Trinajstić information content (AvgIpc) is 3.23. The zero-order valence-corrected chi connectivity index (χ0v) is 16.5. The Labute approximate surface area is 170 Å². The normalized spacial score (nSPS) is 12.8. The summed E-state index contributed by atoms with van der Waals surface area (Å²) in [6, 6.07) is 13.7. The van der Waals surface area contributed by atoms with Gasteiger partial charge in [-0.1, -0.05) is 17.2 Å². The third kappa shape index (κ3) is 3.38. The molecule has 0 spiro atoms. The van der Waals surface area contributed by atoms with E-state index in [1.807, 2.05) is 31.2 Å². The molecule has 2 amide bonds. The molecule has 2 aromatic carbocycles. The highest BCUT2D eigenvalue weighted by Crippen LogP contribution is 2.31. The number of thiazole rings is 1. The smallest absolute Gasteiger partial charge is 0.375 e. The minimum Gasteiger partial charge on any atom is -0.494 e. The van der Waals surface area contributed by atoms with Crippen molar-refractivity contribution in [1.29, 1.82) is 0 Å². The van der Waals surface area contributed by atoms with Gasteiger partial charge in [0.05, 0.1) is 23.4 Å². The lowest BCUT2D eigenvalue weighted by molar-refractivity contribution is -0.0581. The van der Waals surface area contributed by atoms with E-state index in [0.29, 0.717) is 22.4 Å². The maximum Gasteiger partial charge on any atom is 0.375 e. The van der Waals surface area contributed by atoms with Crippen LogP contribution in [0.3, 0.4) is 0 Å². The first kappa shape index (κ1) is 18.8. The average molecular weight is 408 g/mol. The molecular formula is C21H16N2O5S. The van der Waals surface area contributed by atoms with E-state index in [1.54, 1.807) is 19.1 Å². The van der Waals surface area contributed by atoms with Gasteiger partial charge in [0, 0.05) is 5.56 Å². The Hall–Kier alpha value is -3.52. The van der Waals surface area contributed by atoms with Crippen LogP contribution >= 0.6 is 11.3 Å². The number of hydroxylamine groups is 2. The molecule has 146 valence electrons. The summed E-state index contributed by atoms with van der Waals surface area (Å²) in [6.07, 6.45) is 0. The van der Waals surface area contributed by atoms with Crippen LogP contribution in [0.1, 0.15) is 43.0 Å². The Morgan fingerprint density at radius 2 is 1.66 bits per heavy atom. The first-order valence-corrected chi connectivity index (χ1v) is 9.72. The fourth-order valence-electron chi connectivity index (χ4n) is 2.94. The number of ether oxygens (including phenoxy) is 1. The van der Waals surface area contributed by atoms with Crippen LogP contribution in [0.2, 0.25) is 0 Å². The summed E-state index contributed by atoms with van der Waals surface area (Å²) in [4.78, 5) is 47.2. The molecule has 7 nitrogen and oxygen atoms in total. The second-order valence-electron chi connectivity index (χ2n) is 6.22. The molecule has 0 aliphatic carbocycles. The van der Waals surface area contributed by atoms with Gasteiger partial charge in [0.25, 0.3) is 11.8 Å². The highest BCUT2D eigenvalue weighted by molar-refractivity contribution is 7.17. The Morgan fingerprint density at radius 1 is 1.03 bits per heavy atom. The molecule has 0 fully saturated rings. The predicted molar refractivity (Wildman–Crippen MR) is 106 cm³/mol. The number of rotatable bonds is 5. The second kappa shape index (κ2) is 7.48. The van der Waals surface area contributed by atoms with Crippen molar-refractivity contribution in [2.24, 2.45) is 0 Å². The van der Waals surface area contributed by atoms with Crippen molar-refractivity contribution in [2.75, 3.05) is 6.61 Å². The standard InChI is InChI=1S/C21H16N2O5S/c1-3-27-14-10-8-13(9-11-14)18-22-12(2)17(29-18)21(26)28-23-19(24)15-6-4-5-7-16(15)20(23)25/h4-11H,3H2,1-2H3. The van der Waals surface area contributed by atoms with Crippen LogP contribution in [0.4, 0.5) is 0 Å². The second-order valence-corrected chi connectivity index (χ2v) is 7.22. The molecule has 0 bridgehead atoms. The molecule has 0 N–H and O–H groups in total. The van der Waals surface area contributed by atoms with E-state index in [1.165, 1.54) is 12.1 Å². The minimum atomic E-state index is -0.799. The number of amides is 2. The fraction of sp³-hybridized carbons (Fsp3) is 0.143. The topological polar surface area (TPSA) is 85.8 Å². The van der Waals surface area contributed by atoms with Crippen molar-refractivity contribution in [3.63, 3.8) is 0 Å². The SMILES string of the molecule is CCOc1ccc(-c2nc(C)c(C(=O)ON3C(=O)c4ccccc4C3=O)s2)cc1. The summed E-state index contributed by atoms with van der Waals surface area (Å²) < 4.78 is 5.42. The number of benzene rings is 2. The van der Waals surface area contributed by atoms with Gasteiger partial charge in [0.15, 0.2) is 0 Å². The number of fused-ring (bicyclic) bond motifs is 1. The highest BCUT2D eigenvalue weighted by atomic mass is 32.1. The van der Waals surface area contributed by atoms with Crippen molar-refractivity contribution in [3.05, 3.63) is 70.2 Å².